The fourth-order valence-corrected chi connectivity index (χ4v) is 2.87. The number of hydrogen-bond acceptors (Lipinski definition) is 4. The number of ether oxygens (including phenoxy) is 1. The molecule has 2 aliphatic rings. The number of piperidine rings is 1. The second kappa shape index (κ2) is 7.59. The molecule has 0 aromatic heterocycles. The molecule has 2 aliphatic heterocycles. The van der Waals surface area contributed by atoms with Crippen molar-refractivity contribution >= 4 is 11.8 Å². The van der Waals surface area contributed by atoms with Gasteiger partial charge in [-0.15, -0.1) is 0 Å². The third kappa shape index (κ3) is 4.76. The van der Waals surface area contributed by atoms with Crippen molar-refractivity contribution in [1.82, 2.24) is 15.5 Å². The van der Waals surface area contributed by atoms with Crippen LogP contribution >= 0.6 is 0 Å². The minimum absolute atomic E-state index is 0.0270. The predicted molar refractivity (Wildman–Crippen MR) is 75.3 cm³/mol. The summed E-state index contributed by atoms with van der Waals surface area (Å²) in [7, 11) is 0. The van der Waals surface area contributed by atoms with Gasteiger partial charge in [0.1, 0.15) is 0 Å². The molecule has 0 radical (unpaired) electrons. The SMILES string of the molecule is CC(=O)N[C@@H]1CCCN(C(=O)CNC[C@H]2CCCO2)C1. The van der Waals surface area contributed by atoms with Crippen LogP contribution in [0.3, 0.4) is 0 Å². The van der Waals surface area contributed by atoms with E-state index >= 15 is 0 Å². The Balaban J connectivity index is 1.67. The van der Waals surface area contributed by atoms with Crippen LogP contribution in [-0.4, -0.2) is 61.6 Å². The molecule has 2 fully saturated rings. The molecule has 0 saturated carbocycles. The van der Waals surface area contributed by atoms with Crippen molar-refractivity contribution in [3.63, 3.8) is 0 Å². The highest BCUT2D eigenvalue weighted by atomic mass is 16.5. The van der Waals surface area contributed by atoms with E-state index in [1.807, 2.05) is 4.90 Å². The summed E-state index contributed by atoms with van der Waals surface area (Å²) in [5.74, 6) is 0.0823. The summed E-state index contributed by atoms with van der Waals surface area (Å²) in [6, 6.07) is 0.100. The van der Waals surface area contributed by atoms with Gasteiger partial charge >= 0.3 is 0 Å². The van der Waals surface area contributed by atoms with E-state index in [0.717, 1.165) is 45.4 Å². The molecule has 0 aromatic carbocycles. The maximum atomic E-state index is 12.1. The Kier molecular flexibility index (Phi) is 5.79. The van der Waals surface area contributed by atoms with Gasteiger partial charge in [-0.05, 0) is 25.7 Å². The zero-order valence-corrected chi connectivity index (χ0v) is 12.2. The Morgan fingerprint density at radius 1 is 1.30 bits per heavy atom. The highest BCUT2D eigenvalue weighted by Crippen LogP contribution is 2.11. The van der Waals surface area contributed by atoms with Crippen molar-refractivity contribution < 1.29 is 14.3 Å². The molecule has 2 atom stereocenters. The van der Waals surface area contributed by atoms with Crippen LogP contribution < -0.4 is 10.6 Å². The molecule has 6 heteroatoms. The number of hydrogen-bond donors (Lipinski definition) is 2. The molecule has 2 N–H and O–H groups in total. The lowest BCUT2D eigenvalue weighted by molar-refractivity contribution is -0.132. The molecule has 0 bridgehead atoms. The van der Waals surface area contributed by atoms with E-state index in [9.17, 15) is 9.59 Å². The fraction of sp³-hybridized carbons (Fsp3) is 0.857. The van der Waals surface area contributed by atoms with Crippen molar-refractivity contribution in [2.24, 2.45) is 0 Å². The van der Waals surface area contributed by atoms with Gasteiger partial charge in [0.05, 0.1) is 12.6 Å². The third-order valence-electron chi connectivity index (χ3n) is 3.85. The third-order valence-corrected chi connectivity index (χ3v) is 3.85. The Morgan fingerprint density at radius 2 is 2.15 bits per heavy atom. The molecule has 0 unspecified atom stereocenters. The van der Waals surface area contributed by atoms with Crippen LogP contribution in [0, 0.1) is 0 Å². The maximum absolute atomic E-state index is 12.1. The van der Waals surface area contributed by atoms with Gasteiger partial charge in [-0.3, -0.25) is 9.59 Å². The molecule has 2 heterocycles. The maximum Gasteiger partial charge on any atom is 0.236 e. The summed E-state index contributed by atoms with van der Waals surface area (Å²) in [5, 5.41) is 6.07. The zero-order chi connectivity index (χ0) is 14.4. The Labute approximate surface area is 120 Å². The summed E-state index contributed by atoms with van der Waals surface area (Å²) < 4.78 is 5.51. The number of carbonyl (C=O) groups excluding carboxylic acids is 2. The van der Waals surface area contributed by atoms with Crippen molar-refractivity contribution in [2.45, 2.75) is 44.8 Å². The van der Waals surface area contributed by atoms with Crippen molar-refractivity contribution in [3.05, 3.63) is 0 Å². The van der Waals surface area contributed by atoms with Crippen molar-refractivity contribution in [2.75, 3.05) is 32.8 Å². The Bertz CT molecular complexity index is 343. The van der Waals surface area contributed by atoms with Gasteiger partial charge < -0.3 is 20.3 Å². The van der Waals surface area contributed by atoms with Crippen molar-refractivity contribution in [1.29, 1.82) is 0 Å². The lowest BCUT2D eigenvalue weighted by atomic mass is 10.1. The molecule has 0 spiro atoms. The minimum atomic E-state index is -0.0270. The highest BCUT2D eigenvalue weighted by Gasteiger charge is 2.24. The van der Waals surface area contributed by atoms with Crippen LogP contribution in [0.1, 0.15) is 32.6 Å². The highest BCUT2D eigenvalue weighted by molar-refractivity contribution is 5.78. The molecule has 0 aromatic rings. The average molecular weight is 283 g/mol. The molecular formula is C14H25N3O3. The molecular weight excluding hydrogens is 258 g/mol. The lowest BCUT2D eigenvalue weighted by Crippen LogP contribution is -2.51. The summed E-state index contributed by atoms with van der Waals surface area (Å²) in [5.41, 5.74) is 0. The molecule has 6 nitrogen and oxygen atoms in total. The fourth-order valence-electron chi connectivity index (χ4n) is 2.87. The normalized spacial score (nSPS) is 26.6. The van der Waals surface area contributed by atoms with Crippen LogP contribution in [0.25, 0.3) is 0 Å². The van der Waals surface area contributed by atoms with E-state index in [2.05, 4.69) is 10.6 Å². The molecule has 20 heavy (non-hydrogen) atoms. The summed E-state index contributed by atoms with van der Waals surface area (Å²) in [6.45, 7) is 4.87. The van der Waals surface area contributed by atoms with E-state index in [-0.39, 0.29) is 24.0 Å². The number of nitrogens with zero attached hydrogens (tertiary/aromatic N) is 1. The van der Waals surface area contributed by atoms with Gasteiger partial charge in [-0.25, -0.2) is 0 Å². The number of carbonyl (C=O) groups is 2. The second-order valence-corrected chi connectivity index (χ2v) is 5.65. The van der Waals surface area contributed by atoms with E-state index in [4.69, 9.17) is 4.74 Å². The van der Waals surface area contributed by atoms with Gasteiger partial charge in [0, 0.05) is 39.2 Å². The number of nitrogens with one attached hydrogen (secondary N) is 2. The first-order valence-corrected chi connectivity index (χ1v) is 7.52. The van der Waals surface area contributed by atoms with Crippen LogP contribution in [0.4, 0.5) is 0 Å². The number of amides is 2. The largest absolute Gasteiger partial charge is 0.377 e. The van der Waals surface area contributed by atoms with E-state index in [0.29, 0.717) is 13.1 Å². The summed E-state index contributed by atoms with van der Waals surface area (Å²) >= 11 is 0. The average Bonchev–Trinajstić information content (AvgIpc) is 2.91. The van der Waals surface area contributed by atoms with Crippen molar-refractivity contribution in [3.8, 4) is 0 Å². The first-order chi connectivity index (χ1) is 9.65. The Hall–Kier alpha value is -1.14. The van der Waals surface area contributed by atoms with Crippen LogP contribution in [0.5, 0.6) is 0 Å². The first kappa shape index (κ1) is 15.3. The summed E-state index contributed by atoms with van der Waals surface area (Å²) in [4.78, 5) is 25.0. The van der Waals surface area contributed by atoms with Crippen LogP contribution in [0.15, 0.2) is 0 Å². The standard InChI is InChI=1S/C14H25N3O3/c1-11(18)16-12-4-2-6-17(10-12)14(19)9-15-8-13-5-3-7-20-13/h12-13,15H,2-10H2,1H3,(H,16,18)/t12-,13-/m1/s1. The zero-order valence-electron chi connectivity index (χ0n) is 12.2. The van der Waals surface area contributed by atoms with Crippen LogP contribution in [0.2, 0.25) is 0 Å². The van der Waals surface area contributed by atoms with E-state index in [1.54, 1.807) is 0 Å². The van der Waals surface area contributed by atoms with Gasteiger partial charge in [0.2, 0.25) is 11.8 Å². The smallest absolute Gasteiger partial charge is 0.236 e. The Morgan fingerprint density at radius 3 is 2.85 bits per heavy atom. The number of rotatable bonds is 5. The molecule has 0 aliphatic carbocycles. The second-order valence-electron chi connectivity index (χ2n) is 5.65. The molecule has 2 rings (SSSR count). The predicted octanol–water partition coefficient (Wildman–Crippen LogP) is -0.118. The lowest BCUT2D eigenvalue weighted by Gasteiger charge is -2.33. The van der Waals surface area contributed by atoms with Gasteiger partial charge in [0.15, 0.2) is 0 Å². The molecule has 114 valence electrons. The quantitative estimate of drug-likeness (QED) is 0.738. The van der Waals surface area contributed by atoms with E-state index < -0.39 is 0 Å². The van der Waals surface area contributed by atoms with Crippen LogP contribution in [-0.2, 0) is 14.3 Å². The van der Waals surface area contributed by atoms with E-state index in [1.165, 1.54) is 6.92 Å². The van der Waals surface area contributed by atoms with Gasteiger partial charge in [-0.2, -0.15) is 0 Å². The van der Waals surface area contributed by atoms with Gasteiger partial charge in [-0.1, -0.05) is 0 Å². The van der Waals surface area contributed by atoms with Gasteiger partial charge in [0.25, 0.3) is 0 Å². The minimum Gasteiger partial charge on any atom is -0.377 e. The topological polar surface area (TPSA) is 70.7 Å². The number of likely N-dealkylation sites (tertiary alicyclic amines) is 1. The first-order valence-electron chi connectivity index (χ1n) is 7.52. The monoisotopic (exact) mass is 283 g/mol. The molecule has 2 amide bonds. The molecule has 2 saturated heterocycles. The summed E-state index contributed by atoms with van der Waals surface area (Å²) in [6.07, 6.45) is 4.35.